The molecule has 0 fully saturated rings. The Bertz CT molecular complexity index is 1030. The molecule has 0 atom stereocenters. The first-order chi connectivity index (χ1) is 12.3. The van der Waals surface area contributed by atoms with E-state index in [0.29, 0.717) is 18.9 Å². The van der Waals surface area contributed by atoms with Crippen LogP contribution in [0.15, 0.2) is 65.7 Å². The van der Waals surface area contributed by atoms with Crippen LogP contribution in [0.5, 0.6) is 0 Å². The maximum absolute atomic E-state index is 11.3. The van der Waals surface area contributed by atoms with Crippen molar-refractivity contribution in [3.05, 3.63) is 88.1 Å². The molecule has 0 spiro atoms. The summed E-state index contributed by atoms with van der Waals surface area (Å²) in [6.07, 6.45) is 4.36. The minimum atomic E-state index is -0.190. The fourth-order valence-corrected chi connectivity index (χ4v) is 2.74. The summed E-state index contributed by atoms with van der Waals surface area (Å²) in [5, 5.41) is 3.21. The summed E-state index contributed by atoms with van der Waals surface area (Å²) >= 11 is 0. The van der Waals surface area contributed by atoms with Crippen LogP contribution in [0.2, 0.25) is 0 Å². The Morgan fingerprint density at radius 2 is 1.60 bits per heavy atom. The molecule has 6 nitrogen and oxygen atoms in total. The van der Waals surface area contributed by atoms with E-state index in [1.54, 1.807) is 0 Å². The molecule has 0 aliphatic carbocycles. The van der Waals surface area contributed by atoms with Crippen molar-refractivity contribution in [2.45, 2.75) is 13.0 Å². The molecule has 0 aliphatic heterocycles. The second kappa shape index (κ2) is 6.60. The third kappa shape index (κ3) is 3.58. The largest absolute Gasteiger partial charge is 0.350 e. The number of nitrogens with zero attached hydrogens (tertiary/aromatic N) is 2. The number of hydrogen-bond acceptors (Lipinski definition) is 4. The molecule has 25 heavy (non-hydrogen) atoms. The Kier molecular flexibility index (Phi) is 4.00. The number of imidazole rings is 1. The van der Waals surface area contributed by atoms with Gasteiger partial charge in [0.15, 0.2) is 0 Å². The zero-order valence-corrected chi connectivity index (χ0v) is 13.5. The molecule has 0 radical (unpaired) electrons. The number of H-pyrrole nitrogens is 2. The Morgan fingerprint density at radius 3 is 2.40 bits per heavy atom. The summed E-state index contributed by atoms with van der Waals surface area (Å²) in [4.78, 5) is 25.6. The number of benzene rings is 2. The summed E-state index contributed by atoms with van der Waals surface area (Å²) in [6.45, 7) is 0.692. The van der Waals surface area contributed by atoms with E-state index in [1.807, 2.05) is 48.8 Å². The maximum atomic E-state index is 11.3. The molecule has 6 heteroatoms. The Labute approximate surface area is 144 Å². The van der Waals surface area contributed by atoms with Crippen LogP contribution in [0.4, 0.5) is 5.95 Å². The molecule has 0 aliphatic rings. The highest BCUT2D eigenvalue weighted by molar-refractivity contribution is 5.75. The van der Waals surface area contributed by atoms with Gasteiger partial charge in [0, 0.05) is 25.4 Å². The fraction of sp³-hybridized carbons (Fsp3) is 0.105. The van der Waals surface area contributed by atoms with E-state index in [9.17, 15) is 4.79 Å². The highest BCUT2D eigenvalue weighted by Crippen LogP contribution is 2.14. The first-order valence-corrected chi connectivity index (χ1v) is 8.06. The normalized spacial score (nSPS) is 10.9. The molecule has 0 unspecified atom stereocenters. The Hall–Kier alpha value is -3.41. The van der Waals surface area contributed by atoms with Crippen LogP contribution in [-0.4, -0.2) is 19.9 Å². The lowest BCUT2D eigenvalue weighted by Gasteiger charge is -2.06. The molecule has 3 N–H and O–H groups in total. The van der Waals surface area contributed by atoms with Gasteiger partial charge in [-0.1, -0.05) is 36.4 Å². The third-order valence-electron chi connectivity index (χ3n) is 3.99. The number of aromatic nitrogens is 4. The van der Waals surface area contributed by atoms with E-state index >= 15 is 0 Å². The number of rotatable bonds is 5. The van der Waals surface area contributed by atoms with Gasteiger partial charge in [0.25, 0.3) is 0 Å². The molecule has 0 saturated carbocycles. The SMILES string of the molecule is O=c1[nH]c2ccc(Cc3cnc(NCc4ccccc4)nc3)cc2[nH]1. The van der Waals surface area contributed by atoms with Crippen molar-refractivity contribution in [2.24, 2.45) is 0 Å². The van der Waals surface area contributed by atoms with Crippen LogP contribution in [0.25, 0.3) is 11.0 Å². The maximum Gasteiger partial charge on any atom is 0.323 e. The summed E-state index contributed by atoms with van der Waals surface area (Å²) < 4.78 is 0. The second-order valence-corrected chi connectivity index (χ2v) is 5.89. The van der Waals surface area contributed by atoms with Gasteiger partial charge in [-0.05, 0) is 28.8 Å². The topological polar surface area (TPSA) is 86.5 Å². The molecular weight excluding hydrogens is 314 g/mol. The average Bonchev–Trinajstić information content (AvgIpc) is 3.01. The summed E-state index contributed by atoms with van der Waals surface area (Å²) in [6, 6.07) is 16.0. The van der Waals surface area contributed by atoms with Crippen molar-refractivity contribution in [2.75, 3.05) is 5.32 Å². The average molecular weight is 331 g/mol. The van der Waals surface area contributed by atoms with E-state index in [0.717, 1.165) is 22.2 Å². The van der Waals surface area contributed by atoms with Gasteiger partial charge in [0.1, 0.15) is 0 Å². The minimum absolute atomic E-state index is 0.190. The predicted octanol–water partition coefficient (Wildman–Crippen LogP) is 2.85. The van der Waals surface area contributed by atoms with Gasteiger partial charge in [-0.2, -0.15) is 0 Å². The van der Waals surface area contributed by atoms with E-state index in [1.165, 1.54) is 5.56 Å². The van der Waals surface area contributed by atoms with Crippen molar-refractivity contribution < 1.29 is 0 Å². The minimum Gasteiger partial charge on any atom is -0.350 e. The van der Waals surface area contributed by atoms with Crippen molar-refractivity contribution in [1.82, 2.24) is 19.9 Å². The van der Waals surface area contributed by atoms with Gasteiger partial charge < -0.3 is 15.3 Å². The summed E-state index contributed by atoms with van der Waals surface area (Å²) in [7, 11) is 0. The summed E-state index contributed by atoms with van der Waals surface area (Å²) in [5.41, 5.74) is 4.72. The molecule has 2 aromatic carbocycles. The third-order valence-corrected chi connectivity index (χ3v) is 3.99. The highest BCUT2D eigenvalue weighted by atomic mass is 16.1. The first-order valence-electron chi connectivity index (χ1n) is 8.06. The zero-order chi connectivity index (χ0) is 17.1. The molecule has 0 saturated heterocycles. The highest BCUT2D eigenvalue weighted by Gasteiger charge is 2.03. The number of hydrogen-bond donors (Lipinski definition) is 3. The molecule has 0 bridgehead atoms. The molecular formula is C19H17N5O. The molecule has 4 rings (SSSR count). The van der Waals surface area contributed by atoms with Crippen molar-refractivity contribution in [3.63, 3.8) is 0 Å². The van der Waals surface area contributed by atoms with Crippen molar-refractivity contribution in [3.8, 4) is 0 Å². The molecule has 124 valence electrons. The van der Waals surface area contributed by atoms with Crippen LogP contribution in [0, 0.1) is 0 Å². The molecule has 2 heterocycles. The van der Waals surface area contributed by atoms with E-state index in [4.69, 9.17) is 0 Å². The predicted molar refractivity (Wildman–Crippen MR) is 97.5 cm³/mol. The van der Waals surface area contributed by atoms with Crippen LogP contribution in [0.1, 0.15) is 16.7 Å². The van der Waals surface area contributed by atoms with Crippen LogP contribution >= 0.6 is 0 Å². The van der Waals surface area contributed by atoms with Gasteiger partial charge in [-0.15, -0.1) is 0 Å². The molecule has 2 aromatic heterocycles. The zero-order valence-electron chi connectivity index (χ0n) is 13.5. The van der Waals surface area contributed by atoms with Gasteiger partial charge in [-0.25, -0.2) is 14.8 Å². The lowest BCUT2D eigenvalue weighted by Crippen LogP contribution is -2.04. The smallest absolute Gasteiger partial charge is 0.323 e. The lowest BCUT2D eigenvalue weighted by atomic mass is 10.1. The van der Waals surface area contributed by atoms with Crippen LogP contribution in [-0.2, 0) is 13.0 Å². The first kappa shape index (κ1) is 15.1. The van der Waals surface area contributed by atoms with E-state index in [-0.39, 0.29) is 5.69 Å². The second-order valence-electron chi connectivity index (χ2n) is 5.89. The summed E-state index contributed by atoms with van der Waals surface area (Å²) in [5.74, 6) is 0.609. The lowest BCUT2D eigenvalue weighted by molar-refractivity contribution is 1.02. The van der Waals surface area contributed by atoms with Crippen LogP contribution < -0.4 is 11.0 Å². The van der Waals surface area contributed by atoms with Gasteiger partial charge in [-0.3, -0.25) is 0 Å². The van der Waals surface area contributed by atoms with E-state index < -0.39 is 0 Å². The van der Waals surface area contributed by atoms with Crippen molar-refractivity contribution in [1.29, 1.82) is 0 Å². The quantitative estimate of drug-likeness (QED) is 0.525. The van der Waals surface area contributed by atoms with Gasteiger partial charge in [0.05, 0.1) is 11.0 Å². The number of anilines is 1. The molecule has 4 aromatic rings. The number of aromatic amines is 2. The standard InChI is InChI=1S/C19H17N5O/c25-19-23-16-7-6-14(9-17(16)24-19)8-15-11-21-18(22-12-15)20-10-13-4-2-1-3-5-13/h1-7,9,11-12H,8,10H2,(H,20,21,22)(H2,23,24,25). The van der Waals surface area contributed by atoms with Crippen molar-refractivity contribution >= 4 is 17.0 Å². The van der Waals surface area contributed by atoms with Gasteiger partial charge >= 0.3 is 5.69 Å². The number of nitrogens with one attached hydrogen (secondary N) is 3. The fourth-order valence-electron chi connectivity index (χ4n) is 2.74. The monoisotopic (exact) mass is 331 g/mol. The molecule has 0 amide bonds. The van der Waals surface area contributed by atoms with E-state index in [2.05, 4.69) is 37.4 Å². The van der Waals surface area contributed by atoms with Gasteiger partial charge in [0.2, 0.25) is 5.95 Å². The Morgan fingerprint density at radius 1 is 0.840 bits per heavy atom. The Balaban J connectivity index is 1.43. The van der Waals surface area contributed by atoms with Crippen LogP contribution in [0.3, 0.4) is 0 Å². The number of fused-ring (bicyclic) bond motifs is 1.